The summed E-state index contributed by atoms with van der Waals surface area (Å²) in [5, 5.41) is 1.10. The molecule has 3 aromatic rings. The van der Waals surface area contributed by atoms with Gasteiger partial charge in [0, 0.05) is 17.9 Å². The first-order valence-electron chi connectivity index (χ1n) is 5.58. The first-order valence-corrected chi connectivity index (χ1v) is 5.58. The smallest absolute Gasteiger partial charge is 0.191 e. The molecule has 0 fully saturated rings. The van der Waals surface area contributed by atoms with E-state index in [4.69, 9.17) is 8.83 Å². The molecule has 0 saturated heterocycles. The summed E-state index contributed by atoms with van der Waals surface area (Å²) in [5.74, 6) is 2.47. The molecule has 3 nitrogen and oxygen atoms in total. The van der Waals surface area contributed by atoms with Crippen molar-refractivity contribution in [3.63, 3.8) is 0 Å². The van der Waals surface area contributed by atoms with E-state index in [1.165, 1.54) is 0 Å². The molecule has 0 aliphatic carbocycles. The lowest BCUT2D eigenvalue weighted by Gasteiger charge is -1.97. The summed E-state index contributed by atoms with van der Waals surface area (Å²) in [4.78, 5) is 4.40. The second kappa shape index (κ2) is 3.48. The van der Waals surface area contributed by atoms with Crippen molar-refractivity contribution in [2.45, 2.75) is 20.8 Å². The maximum atomic E-state index is 5.55. The van der Waals surface area contributed by atoms with Crippen LogP contribution in [0.15, 0.2) is 33.1 Å². The molecule has 0 spiro atoms. The minimum atomic E-state index is 0.695. The van der Waals surface area contributed by atoms with Crippen LogP contribution < -0.4 is 0 Å². The highest BCUT2D eigenvalue weighted by Gasteiger charge is 2.10. The summed E-state index contributed by atoms with van der Waals surface area (Å²) < 4.78 is 11.0. The number of hydrogen-bond acceptors (Lipinski definition) is 3. The third-order valence-electron chi connectivity index (χ3n) is 2.82. The third-order valence-corrected chi connectivity index (χ3v) is 2.82. The number of aromatic nitrogens is 1. The van der Waals surface area contributed by atoms with E-state index in [1.54, 1.807) is 0 Å². The van der Waals surface area contributed by atoms with Crippen molar-refractivity contribution in [2.75, 3.05) is 0 Å². The van der Waals surface area contributed by atoms with E-state index in [0.29, 0.717) is 5.89 Å². The lowest BCUT2D eigenvalue weighted by molar-refractivity contribution is 0.495. The molecule has 1 aromatic carbocycles. The maximum absolute atomic E-state index is 5.55. The zero-order valence-electron chi connectivity index (χ0n) is 10.1. The molecule has 0 aliphatic heterocycles. The van der Waals surface area contributed by atoms with Gasteiger partial charge in [-0.05, 0) is 38.1 Å². The number of furan rings is 1. The van der Waals surface area contributed by atoms with Crippen LogP contribution in [0, 0.1) is 20.8 Å². The van der Waals surface area contributed by atoms with Crippen molar-refractivity contribution in [3.05, 3.63) is 41.7 Å². The fraction of sp³-hybridized carbons (Fsp3) is 0.214. The number of oxazole rings is 1. The van der Waals surface area contributed by atoms with Gasteiger partial charge in [0.1, 0.15) is 22.8 Å². The highest BCUT2D eigenvalue weighted by atomic mass is 16.4. The zero-order valence-corrected chi connectivity index (χ0v) is 10.1. The second-order valence-electron chi connectivity index (χ2n) is 4.25. The summed E-state index contributed by atoms with van der Waals surface area (Å²) in [5.41, 5.74) is 2.88. The molecule has 3 rings (SSSR count). The van der Waals surface area contributed by atoms with Crippen LogP contribution in [-0.4, -0.2) is 4.98 Å². The van der Waals surface area contributed by atoms with Gasteiger partial charge in [0.2, 0.25) is 0 Å². The molecule has 0 aliphatic rings. The van der Waals surface area contributed by atoms with Crippen LogP contribution in [0.5, 0.6) is 0 Å². The van der Waals surface area contributed by atoms with Gasteiger partial charge in [0.15, 0.2) is 5.89 Å². The van der Waals surface area contributed by atoms with Gasteiger partial charge in [-0.25, -0.2) is 4.98 Å². The maximum Gasteiger partial charge on any atom is 0.191 e. The van der Waals surface area contributed by atoms with E-state index in [9.17, 15) is 0 Å². The molecule has 0 atom stereocenters. The quantitative estimate of drug-likeness (QED) is 0.630. The van der Waals surface area contributed by atoms with Crippen LogP contribution in [0.1, 0.15) is 17.4 Å². The van der Waals surface area contributed by atoms with E-state index in [1.807, 2.05) is 39.0 Å². The Morgan fingerprint density at radius 2 is 1.82 bits per heavy atom. The molecule has 3 heteroatoms. The molecular formula is C14H13NO2. The van der Waals surface area contributed by atoms with E-state index in [2.05, 4.69) is 11.1 Å². The second-order valence-corrected chi connectivity index (χ2v) is 4.25. The molecule has 2 aromatic heterocycles. The highest BCUT2D eigenvalue weighted by molar-refractivity contribution is 5.83. The number of aryl methyl sites for hydroxylation is 3. The predicted molar refractivity (Wildman–Crippen MR) is 65.9 cm³/mol. The third kappa shape index (κ3) is 1.64. The number of nitrogens with zero attached hydrogens (tertiary/aromatic N) is 1. The summed E-state index contributed by atoms with van der Waals surface area (Å²) in [7, 11) is 0. The molecule has 0 N–H and O–H groups in total. The standard InChI is InChI=1S/C14H13NO2/c1-8-6-12-7-11(4-5-13(12)16-8)14-9(2)17-10(3)15-14/h4-7H,1-3H3. The summed E-state index contributed by atoms with van der Waals surface area (Å²) in [6.45, 7) is 5.74. The van der Waals surface area contributed by atoms with Crippen molar-refractivity contribution in [3.8, 4) is 11.3 Å². The molecule has 0 bridgehead atoms. The van der Waals surface area contributed by atoms with E-state index < -0.39 is 0 Å². The molecule has 86 valence electrons. The van der Waals surface area contributed by atoms with Crippen LogP contribution in [0.3, 0.4) is 0 Å². The van der Waals surface area contributed by atoms with Gasteiger partial charge in [-0.2, -0.15) is 0 Å². The van der Waals surface area contributed by atoms with Gasteiger partial charge in [-0.15, -0.1) is 0 Å². The van der Waals surface area contributed by atoms with Gasteiger partial charge < -0.3 is 8.83 Å². The molecule has 17 heavy (non-hydrogen) atoms. The van der Waals surface area contributed by atoms with Crippen LogP contribution in [0.4, 0.5) is 0 Å². The topological polar surface area (TPSA) is 39.2 Å². The van der Waals surface area contributed by atoms with Gasteiger partial charge in [0.25, 0.3) is 0 Å². The molecule has 0 amide bonds. The Morgan fingerprint density at radius 3 is 2.53 bits per heavy atom. The summed E-state index contributed by atoms with van der Waals surface area (Å²) in [6, 6.07) is 8.09. The summed E-state index contributed by atoms with van der Waals surface area (Å²) in [6.07, 6.45) is 0. The fourth-order valence-electron chi connectivity index (χ4n) is 2.12. The first kappa shape index (κ1) is 10.1. The van der Waals surface area contributed by atoms with Gasteiger partial charge in [0.05, 0.1) is 0 Å². The Morgan fingerprint density at radius 1 is 1.00 bits per heavy atom. The van der Waals surface area contributed by atoms with Gasteiger partial charge >= 0.3 is 0 Å². The Balaban J connectivity index is 2.20. The first-order chi connectivity index (χ1) is 8.13. The lowest BCUT2D eigenvalue weighted by Crippen LogP contribution is -1.80. The van der Waals surface area contributed by atoms with Gasteiger partial charge in [-0.3, -0.25) is 0 Å². The Labute approximate surface area is 99.1 Å². The molecule has 2 heterocycles. The van der Waals surface area contributed by atoms with Crippen molar-refractivity contribution < 1.29 is 8.83 Å². The fourth-order valence-corrected chi connectivity index (χ4v) is 2.12. The zero-order chi connectivity index (χ0) is 12.0. The molecule has 0 radical (unpaired) electrons. The van der Waals surface area contributed by atoms with Crippen LogP contribution >= 0.6 is 0 Å². The SMILES string of the molecule is Cc1cc2cc(-c3nc(C)oc3C)ccc2o1. The number of hydrogen-bond donors (Lipinski definition) is 0. The predicted octanol–water partition coefficient (Wildman–Crippen LogP) is 4.01. The highest BCUT2D eigenvalue weighted by Crippen LogP contribution is 2.28. The average Bonchev–Trinajstić information content (AvgIpc) is 2.78. The minimum absolute atomic E-state index is 0.695. The van der Waals surface area contributed by atoms with Crippen LogP contribution in [0.25, 0.3) is 22.2 Å². The average molecular weight is 227 g/mol. The normalized spacial score (nSPS) is 11.2. The largest absolute Gasteiger partial charge is 0.461 e. The van der Waals surface area contributed by atoms with Crippen molar-refractivity contribution >= 4 is 11.0 Å². The Hall–Kier alpha value is -2.03. The Kier molecular flexibility index (Phi) is 2.08. The number of fused-ring (bicyclic) bond motifs is 1. The molecular weight excluding hydrogens is 214 g/mol. The number of benzene rings is 1. The van der Waals surface area contributed by atoms with E-state index in [0.717, 1.165) is 33.7 Å². The van der Waals surface area contributed by atoms with Crippen LogP contribution in [-0.2, 0) is 0 Å². The van der Waals surface area contributed by atoms with E-state index in [-0.39, 0.29) is 0 Å². The summed E-state index contributed by atoms with van der Waals surface area (Å²) >= 11 is 0. The van der Waals surface area contributed by atoms with Crippen molar-refractivity contribution in [2.24, 2.45) is 0 Å². The molecule has 0 saturated carbocycles. The minimum Gasteiger partial charge on any atom is -0.461 e. The van der Waals surface area contributed by atoms with E-state index >= 15 is 0 Å². The lowest BCUT2D eigenvalue weighted by atomic mass is 10.1. The van der Waals surface area contributed by atoms with Crippen LogP contribution in [0.2, 0.25) is 0 Å². The van der Waals surface area contributed by atoms with Gasteiger partial charge in [-0.1, -0.05) is 0 Å². The van der Waals surface area contributed by atoms with Crippen molar-refractivity contribution in [1.82, 2.24) is 4.98 Å². The molecule has 0 unspecified atom stereocenters. The van der Waals surface area contributed by atoms with Crippen molar-refractivity contribution in [1.29, 1.82) is 0 Å². The Bertz CT molecular complexity index is 691. The monoisotopic (exact) mass is 227 g/mol. The number of rotatable bonds is 1.